The molecule has 1 amide bonds. The smallest absolute Gasteiger partial charge is 0.279 e. The standard InChI is InChI=1S/C22H18BrCl2N3O/c1-12-5-8-15(25)11-17(12)28-19(13-6-9-14(24)10-7-13)20-18(21(28)29)26-22(23)27(20)16-3-2-4-16/h5-11,16,19H,2-4H2,1H3. The SMILES string of the molecule is Cc1ccc(Cl)cc1N1C(=O)c2nc(Br)n(C3CCC3)c2C1c1ccc(Cl)cc1. The highest BCUT2D eigenvalue weighted by molar-refractivity contribution is 9.10. The summed E-state index contributed by atoms with van der Waals surface area (Å²) in [7, 11) is 0. The van der Waals surface area contributed by atoms with Gasteiger partial charge in [0.05, 0.1) is 5.69 Å². The molecule has 4 nitrogen and oxygen atoms in total. The summed E-state index contributed by atoms with van der Waals surface area (Å²) in [5, 5.41) is 1.26. The number of hydrogen-bond acceptors (Lipinski definition) is 2. The van der Waals surface area contributed by atoms with Crippen LogP contribution in [-0.2, 0) is 0 Å². The van der Waals surface area contributed by atoms with Gasteiger partial charge in [0.2, 0.25) is 0 Å². The largest absolute Gasteiger partial charge is 0.317 e. The summed E-state index contributed by atoms with van der Waals surface area (Å²) in [6.07, 6.45) is 3.39. The lowest BCUT2D eigenvalue weighted by molar-refractivity contribution is 0.0989. The maximum Gasteiger partial charge on any atom is 0.279 e. The maximum absolute atomic E-state index is 13.6. The summed E-state index contributed by atoms with van der Waals surface area (Å²) in [5.41, 5.74) is 4.23. The molecule has 0 spiro atoms. The summed E-state index contributed by atoms with van der Waals surface area (Å²) < 4.78 is 2.93. The molecule has 5 rings (SSSR count). The fourth-order valence-electron chi connectivity index (χ4n) is 4.22. The van der Waals surface area contributed by atoms with Crippen molar-refractivity contribution in [2.24, 2.45) is 0 Å². The van der Waals surface area contributed by atoms with E-state index in [2.05, 4.69) is 25.5 Å². The van der Waals surface area contributed by atoms with E-state index < -0.39 is 0 Å². The Balaban J connectivity index is 1.74. The number of aryl methyl sites for hydroxylation is 1. The normalized spacial score (nSPS) is 18.8. The van der Waals surface area contributed by atoms with E-state index in [9.17, 15) is 4.79 Å². The van der Waals surface area contributed by atoms with Gasteiger partial charge in [-0.3, -0.25) is 9.69 Å². The molecule has 7 heteroatoms. The molecule has 1 fully saturated rings. The van der Waals surface area contributed by atoms with Crippen molar-refractivity contribution in [1.29, 1.82) is 0 Å². The van der Waals surface area contributed by atoms with E-state index in [1.54, 1.807) is 0 Å². The highest BCUT2D eigenvalue weighted by Gasteiger charge is 2.45. The zero-order valence-electron chi connectivity index (χ0n) is 15.7. The topological polar surface area (TPSA) is 38.1 Å². The number of carbonyl (C=O) groups is 1. The monoisotopic (exact) mass is 489 g/mol. The Labute approximate surface area is 187 Å². The molecule has 0 N–H and O–H groups in total. The van der Waals surface area contributed by atoms with Gasteiger partial charge in [-0.25, -0.2) is 4.98 Å². The lowest BCUT2D eigenvalue weighted by Crippen LogP contribution is -2.31. The number of hydrogen-bond donors (Lipinski definition) is 0. The van der Waals surface area contributed by atoms with Crippen LogP contribution in [0.4, 0.5) is 5.69 Å². The van der Waals surface area contributed by atoms with Gasteiger partial charge in [0.25, 0.3) is 5.91 Å². The summed E-state index contributed by atoms with van der Waals surface area (Å²) in [6.45, 7) is 1.99. The number of rotatable bonds is 3. The van der Waals surface area contributed by atoms with Crippen LogP contribution in [0.15, 0.2) is 47.2 Å². The predicted octanol–water partition coefficient (Wildman–Crippen LogP) is 6.74. The van der Waals surface area contributed by atoms with Crippen LogP contribution in [0.3, 0.4) is 0 Å². The molecule has 148 valence electrons. The molecule has 1 atom stereocenters. The minimum absolute atomic E-state index is 0.107. The van der Waals surface area contributed by atoms with Crippen LogP contribution in [0.25, 0.3) is 0 Å². The van der Waals surface area contributed by atoms with Crippen LogP contribution in [-0.4, -0.2) is 15.5 Å². The molecule has 2 heterocycles. The van der Waals surface area contributed by atoms with Gasteiger partial charge in [-0.1, -0.05) is 41.4 Å². The molecule has 0 radical (unpaired) electrons. The van der Waals surface area contributed by atoms with E-state index in [1.807, 2.05) is 54.3 Å². The zero-order valence-corrected chi connectivity index (χ0v) is 18.8. The van der Waals surface area contributed by atoms with Crippen molar-refractivity contribution >= 4 is 50.7 Å². The van der Waals surface area contributed by atoms with Crippen LogP contribution in [0.2, 0.25) is 10.0 Å². The van der Waals surface area contributed by atoms with Crippen LogP contribution in [0.1, 0.15) is 58.7 Å². The second kappa shape index (κ2) is 7.15. The van der Waals surface area contributed by atoms with Gasteiger partial charge >= 0.3 is 0 Å². The summed E-state index contributed by atoms with van der Waals surface area (Å²) in [6, 6.07) is 13.4. The second-order valence-corrected chi connectivity index (χ2v) is 9.21. The molecule has 0 saturated heterocycles. The van der Waals surface area contributed by atoms with E-state index in [4.69, 9.17) is 23.2 Å². The third-order valence-corrected chi connectivity index (χ3v) is 6.95. The van der Waals surface area contributed by atoms with Gasteiger partial charge in [0.15, 0.2) is 10.4 Å². The van der Waals surface area contributed by atoms with Crippen LogP contribution < -0.4 is 4.90 Å². The number of anilines is 1. The van der Waals surface area contributed by atoms with Crippen molar-refractivity contribution in [2.45, 2.75) is 38.3 Å². The Morgan fingerprint density at radius 2 is 1.76 bits per heavy atom. The number of halogens is 3. The van der Waals surface area contributed by atoms with Gasteiger partial charge in [0.1, 0.15) is 6.04 Å². The number of aromatic nitrogens is 2. The van der Waals surface area contributed by atoms with E-state index in [0.717, 1.165) is 40.1 Å². The van der Waals surface area contributed by atoms with Crippen LogP contribution in [0, 0.1) is 6.92 Å². The third kappa shape index (κ3) is 3.02. The molecule has 1 aromatic heterocycles. The number of amides is 1. The average molecular weight is 491 g/mol. The first kappa shape index (κ1) is 19.2. The molecule has 1 aliphatic heterocycles. The number of imidazole rings is 1. The molecular formula is C22H18BrCl2N3O. The van der Waals surface area contributed by atoms with E-state index >= 15 is 0 Å². The van der Waals surface area contributed by atoms with Crippen molar-refractivity contribution in [2.75, 3.05) is 4.90 Å². The fraction of sp³-hybridized carbons (Fsp3) is 0.273. The van der Waals surface area contributed by atoms with Crippen molar-refractivity contribution < 1.29 is 4.79 Å². The third-order valence-electron chi connectivity index (χ3n) is 5.90. The van der Waals surface area contributed by atoms with Gasteiger partial charge in [-0.2, -0.15) is 0 Å². The maximum atomic E-state index is 13.6. The summed E-state index contributed by atoms with van der Waals surface area (Å²) in [5.74, 6) is -0.107. The Bertz CT molecular complexity index is 1120. The number of fused-ring (bicyclic) bond motifs is 1. The van der Waals surface area contributed by atoms with E-state index in [-0.39, 0.29) is 11.9 Å². The van der Waals surface area contributed by atoms with Gasteiger partial charge in [-0.15, -0.1) is 0 Å². The van der Waals surface area contributed by atoms with Crippen LogP contribution in [0.5, 0.6) is 0 Å². The van der Waals surface area contributed by atoms with Gasteiger partial charge in [-0.05, 0) is 77.5 Å². The lowest BCUT2D eigenvalue weighted by atomic mass is 9.92. The Morgan fingerprint density at radius 1 is 1.07 bits per heavy atom. The highest BCUT2D eigenvalue weighted by atomic mass is 79.9. The average Bonchev–Trinajstić information content (AvgIpc) is 3.11. The Morgan fingerprint density at radius 3 is 2.41 bits per heavy atom. The highest BCUT2D eigenvalue weighted by Crippen LogP contribution is 2.47. The molecule has 3 aromatic rings. The molecule has 1 saturated carbocycles. The summed E-state index contributed by atoms with van der Waals surface area (Å²) in [4.78, 5) is 20.0. The Hall–Kier alpha value is -1.82. The molecule has 1 aliphatic carbocycles. The van der Waals surface area contributed by atoms with Crippen molar-refractivity contribution in [3.05, 3.63) is 79.8 Å². The minimum atomic E-state index is -0.286. The Kier molecular flexibility index (Phi) is 4.72. The molecule has 2 aromatic carbocycles. The first-order valence-electron chi connectivity index (χ1n) is 9.58. The van der Waals surface area contributed by atoms with Crippen molar-refractivity contribution in [1.82, 2.24) is 9.55 Å². The first-order chi connectivity index (χ1) is 14.0. The van der Waals surface area contributed by atoms with Gasteiger partial charge < -0.3 is 4.57 Å². The molecule has 2 aliphatic rings. The number of nitrogens with zero attached hydrogens (tertiary/aromatic N) is 3. The van der Waals surface area contributed by atoms with Gasteiger partial charge in [0, 0.05) is 21.8 Å². The molecule has 29 heavy (non-hydrogen) atoms. The second-order valence-electron chi connectivity index (χ2n) is 7.63. The zero-order chi connectivity index (χ0) is 20.3. The van der Waals surface area contributed by atoms with E-state index in [0.29, 0.717) is 21.8 Å². The van der Waals surface area contributed by atoms with Crippen LogP contribution >= 0.6 is 39.1 Å². The molecular weight excluding hydrogens is 473 g/mol. The number of carbonyl (C=O) groups excluding carboxylic acids is 1. The summed E-state index contributed by atoms with van der Waals surface area (Å²) >= 11 is 16.0. The minimum Gasteiger partial charge on any atom is -0.317 e. The lowest BCUT2D eigenvalue weighted by Gasteiger charge is -2.33. The van der Waals surface area contributed by atoms with Crippen molar-refractivity contribution in [3.8, 4) is 0 Å². The fourth-order valence-corrected chi connectivity index (χ4v) is 5.17. The molecule has 1 unspecified atom stereocenters. The quantitative estimate of drug-likeness (QED) is 0.407. The first-order valence-corrected chi connectivity index (χ1v) is 11.1. The predicted molar refractivity (Wildman–Crippen MR) is 119 cm³/mol. The molecule has 0 bridgehead atoms. The van der Waals surface area contributed by atoms with Crippen molar-refractivity contribution in [3.63, 3.8) is 0 Å². The van der Waals surface area contributed by atoms with E-state index in [1.165, 1.54) is 6.42 Å². The number of benzene rings is 2.